The van der Waals surface area contributed by atoms with Gasteiger partial charge in [-0.15, -0.1) is 0 Å². The highest BCUT2D eigenvalue weighted by atomic mass is 19.2. The minimum absolute atomic E-state index is 0.241. The Balaban J connectivity index is 2.20. The molecular weight excluding hydrogens is 304 g/mol. The molecule has 0 spiro atoms. The average molecular weight is 321 g/mol. The van der Waals surface area contributed by atoms with Crippen LogP contribution in [0, 0.1) is 32.4 Å². The third-order valence-electron chi connectivity index (χ3n) is 4.57. The van der Waals surface area contributed by atoms with E-state index in [1.807, 2.05) is 38.1 Å². The molecule has 0 unspecified atom stereocenters. The summed E-state index contributed by atoms with van der Waals surface area (Å²) in [5.41, 5.74) is 4.58. The number of rotatable bonds is 1. The van der Waals surface area contributed by atoms with Gasteiger partial charge in [-0.05, 0) is 56.7 Å². The average Bonchev–Trinajstić information content (AvgIpc) is 2.86. The molecule has 4 rings (SSSR count). The minimum atomic E-state index is -0.810. The fourth-order valence-corrected chi connectivity index (χ4v) is 3.32. The van der Waals surface area contributed by atoms with Gasteiger partial charge in [-0.2, -0.15) is 0 Å². The Hall–Kier alpha value is -2.68. The highest BCUT2D eigenvalue weighted by Crippen LogP contribution is 2.34. The van der Waals surface area contributed by atoms with E-state index in [1.54, 1.807) is 23.6 Å². The van der Waals surface area contributed by atoms with E-state index in [9.17, 15) is 8.78 Å². The van der Waals surface area contributed by atoms with Gasteiger partial charge in [-0.3, -0.25) is 0 Å². The largest absolute Gasteiger partial charge is 0.306 e. The quantitative estimate of drug-likeness (QED) is 0.406. The topological polar surface area (TPSA) is 4.93 Å². The van der Waals surface area contributed by atoms with E-state index < -0.39 is 11.6 Å². The number of hydrogen-bond donors (Lipinski definition) is 0. The van der Waals surface area contributed by atoms with Crippen LogP contribution in [0.4, 0.5) is 8.78 Å². The normalized spacial score (nSPS) is 11.5. The Labute approximate surface area is 139 Å². The van der Waals surface area contributed by atoms with Crippen LogP contribution < -0.4 is 0 Å². The van der Waals surface area contributed by atoms with Gasteiger partial charge in [-0.1, -0.05) is 29.3 Å². The predicted molar refractivity (Wildman–Crippen MR) is 94.9 cm³/mol. The van der Waals surface area contributed by atoms with Crippen molar-refractivity contribution < 1.29 is 8.78 Å². The van der Waals surface area contributed by atoms with Crippen molar-refractivity contribution in [3.8, 4) is 5.69 Å². The van der Waals surface area contributed by atoms with Crippen molar-refractivity contribution in [1.29, 1.82) is 0 Å². The van der Waals surface area contributed by atoms with Gasteiger partial charge in [0.2, 0.25) is 0 Å². The lowest BCUT2D eigenvalue weighted by Crippen LogP contribution is -2.01. The zero-order valence-electron chi connectivity index (χ0n) is 13.8. The van der Waals surface area contributed by atoms with Gasteiger partial charge in [-0.25, -0.2) is 8.78 Å². The molecule has 4 aromatic rings. The lowest BCUT2D eigenvalue weighted by atomic mass is 10.1. The first-order chi connectivity index (χ1) is 11.5. The summed E-state index contributed by atoms with van der Waals surface area (Å²) in [5, 5.41) is 2.10. The summed E-state index contributed by atoms with van der Waals surface area (Å²) in [6, 6.07) is 15.4. The Morgan fingerprint density at radius 3 is 1.75 bits per heavy atom. The second kappa shape index (κ2) is 5.17. The maximum absolute atomic E-state index is 14.6. The zero-order chi connectivity index (χ0) is 17.0. The van der Waals surface area contributed by atoms with Gasteiger partial charge in [0, 0.05) is 10.8 Å². The highest BCUT2D eigenvalue weighted by molar-refractivity contribution is 6.09. The van der Waals surface area contributed by atoms with E-state index in [-0.39, 0.29) is 5.69 Å². The zero-order valence-corrected chi connectivity index (χ0v) is 13.8. The van der Waals surface area contributed by atoms with Crippen molar-refractivity contribution in [3.63, 3.8) is 0 Å². The molecule has 120 valence electrons. The van der Waals surface area contributed by atoms with Crippen LogP contribution in [0.5, 0.6) is 0 Å². The molecule has 0 N–H and O–H groups in total. The van der Waals surface area contributed by atoms with E-state index in [1.165, 1.54) is 0 Å². The standard InChI is InChI=1S/C21H17F2N/c1-12-4-7-17-15(10-12)16-11-13(2)5-8-18(16)24(17)19-9-6-14(3)20(22)21(19)23/h4-11H,1-3H3. The molecule has 0 atom stereocenters. The second-order valence-corrected chi connectivity index (χ2v) is 6.41. The van der Waals surface area contributed by atoms with Gasteiger partial charge >= 0.3 is 0 Å². The van der Waals surface area contributed by atoms with Gasteiger partial charge in [0.15, 0.2) is 11.6 Å². The molecule has 3 aromatic carbocycles. The third kappa shape index (κ3) is 2.04. The maximum atomic E-state index is 14.6. The van der Waals surface area contributed by atoms with Crippen LogP contribution in [-0.2, 0) is 0 Å². The van der Waals surface area contributed by atoms with E-state index >= 15 is 0 Å². The highest BCUT2D eigenvalue weighted by Gasteiger charge is 2.18. The van der Waals surface area contributed by atoms with Crippen LogP contribution in [0.3, 0.4) is 0 Å². The van der Waals surface area contributed by atoms with Crippen molar-refractivity contribution in [1.82, 2.24) is 4.57 Å². The molecule has 0 bridgehead atoms. The Bertz CT molecular complexity index is 1050. The first-order valence-electron chi connectivity index (χ1n) is 7.94. The summed E-state index contributed by atoms with van der Waals surface area (Å²) in [4.78, 5) is 0. The summed E-state index contributed by atoms with van der Waals surface area (Å²) in [6.07, 6.45) is 0. The van der Waals surface area contributed by atoms with Crippen LogP contribution in [0.2, 0.25) is 0 Å². The van der Waals surface area contributed by atoms with E-state index in [0.29, 0.717) is 5.56 Å². The summed E-state index contributed by atoms with van der Waals surface area (Å²) in [6.45, 7) is 5.63. The molecule has 3 heteroatoms. The molecule has 1 heterocycles. The fraction of sp³-hybridized carbons (Fsp3) is 0.143. The van der Waals surface area contributed by atoms with Crippen LogP contribution >= 0.6 is 0 Å². The smallest absolute Gasteiger partial charge is 0.183 e. The molecule has 0 amide bonds. The third-order valence-corrected chi connectivity index (χ3v) is 4.57. The summed E-state index contributed by atoms with van der Waals surface area (Å²) >= 11 is 0. The van der Waals surface area contributed by atoms with Crippen molar-refractivity contribution >= 4 is 21.8 Å². The van der Waals surface area contributed by atoms with Crippen molar-refractivity contribution in [2.45, 2.75) is 20.8 Å². The summed E-state index contributed by atoms with van der Waals surface area (Å²) < 4.78 is 30.6. The molecule has 0 radical (unpaired) electrons. The number of benzene rings is 3. The van der Waals surface area contributed by atoms with Crippen LogP contribution in [-0.4, -0.2) is 4.57 Å². The Kier molecular flexibility index (Phi) is 3.20. The second-order valence-electron chi connectivity index (χ2n) is 6.41. The number of hydrogen-bond acceptors (Lipinski definition) is 0. The van der Waals surface area contributed by atoms with Crippen molar-refractivity contribution in [2.24, 2.45) is 0 Å². The van der Waals surface area contributed by atoms with E-state index in [2.05, 4.69) is 12.1 Å². The monoisotopic (exact) mass is 321 g/mol. The predicted octanol–water partition coefficient (Wildman–Crippen LogP) is 5.99. The first kappa shape index (κ1) is 14.9. The van der Waals surface area contributed by atoms with Crippen molar-refractivity contribution in [3.05, 3.63) is 76.9 Å². The van der Waals surface area contributed by atoms with E-state index in [0.717, 1.165) is 32.9 Å². The Morgan fingerprint density at radius 2 is 1.21 bits per heavy atom. The number of halogens is 2. The lowest BCUT2D eigenvalue weighted by Gasteiger charge is -2.11. The SMILES string of the molecule is Cc1ccc2c(c1)c1cc(C)ccc1n2-c1ccc(C)c(F)c1F. The molecule has 1 nitrogen and oxygen atoms in total. The van der Waals surface area contributed by atoms with Crippen LogP contribution in [0.15, 0.2) is 48.5 Å². The molecule has 0 saturated carbocycles. The number of aromatic nitrogens is 1. The summed E-state index contributed by atoms with van der Waals surface area (Å²) in [5.74, 6) is -1.60. The van der Waals surface area contributed by atoms with Crippen LogP contribution in [0.25, 0.3) is 27.5 Å². The maximum Gasteiger partial charge on any atom is 0.183 e. The molecule has 1 aromatic heterocycles. The van der Waals surface area contributed by atoms with Crippen LogP contribution in [0.1, 0.15) is 16.7 Å². The number of fused-ring (bicyclic) bond motifs is 3. The molecule has 0 aliphatic carbocycles. The molecule has 0 aliphatic heterocycles. The van der Waals surface area contributed by atoms with Gasteiger partial charge < -0.3 is 4.57 Å². The molecule has 0 saturated heterocycles. The Morgan fingerprint density at radius 1 is 0.667 bits per heavy atom. The fourth-order valence-electron chi connectivity index (χ4n) is 3.32. The number of nitrogens with zero attached hydrogens (tertiary/aromatic N) is 1. The first-order valence-corrected chi connectivity index (χ1v) is 7.94. The molecule has 0 aliphatic rings. The lowest BCUT2D eigenvalue weighted by molar-refractivity contribution is 0.500. The van der Waals surface area contributed by atoms with Gasteiger partial charge in [0.25, 0.3) is 0 Å². The molecule has 0 fully saturated rings. The summed E-state index contributed by atoms with van der Waals surface area (Å²) in [7, 11) is 0. The van der Waals surface area contributed by atoms with Gasteiger partial charge in [0.1, 0.15) is 0 Å². The molecular formula is C21H17F2N. The number of aryl methyl sites for hydroxylation is 3. The van der Waals surface area contributed by atoms with Gasteiger partial charge in [0.05, 0.1) is 16.7 Å². The van der Waals surface area contributed by atoms with Crippen molar-refractivity contribution in [2.75, 3.05) is 0 Å². The molecule has 24 heavy (non-hydrogen) atoms. The van der Waals surface area contributed by atoms with E-state index in [4.69, 9.17) is 0 Å². The minimum Gasteiger partial charge on any atom is -0.306 e.